The first-order valence-electron chi connectivity index (χ1n) is 4.63. The van der Waals surface area contributed by atoms with E-state index in [0.717, 1.165) is 5.56 Å². The molecule has 6 nitrogen and oxygen atoms in total. The molecule has 0 aliphatic carbocycles. The van der Waals surface area contributed by atoms with Crippen molar-refractivity contribution in [2.24, 2.45) is 0 Å². The van der Waals surface area contributed by atoms with Crippen LogP contribution in [0.5, 0.6) is 5.75 Å². The molecule has 1 heterocycles. The summed E-state index contributed by atoms with van der Waals surface area (Å²) < 4.78 is 0. The number of phenolic OH excluding ortho intramolecular Hbond substituents is 1. The molecule has 1 aromatic carbocycles. The number of rotatable bonds is 2. The number of benzene rings is 1. The van der Waals surface area contributed by atoms with Crippen LogP contribution in [-0.2, 0) is 0 Å². The predicted octanol–water partition coefficient (Wildman–Crippen LogP) is 1.07. The van der Waals surface area contributed by atoms with E-state index in [4.69, 9.17) is 0 Å². The Hall–Kier alpha value is -2.37. The summed E-state index contributed by atoms with van der Waals surface area (Å²) >= 11 is 0. The molecular formula is C10H10N4O2. The van der Waals surface area contributed by atoms with Crippen LogP contribution in [0.4, 0.5) is 5.69 Å². The molecule has 0 saturated carbocycles. The van der Waals surface area contributed by atoms with Crippen molar-refractivity contribution in [1.29, 1.82) is 0 Å². The largest absolute Gasteiger partial charge is 0.508 e. The van der Waals surface area contributed by atoms with Gasteiger partial charge in [0.25, 0.3) is 5.91 Å². The molecule has 0 bridgehead atoms. The Bertz CT molecular complexity index is 508. The zero-order valence-corrected chi connectivity index (χ0v) is 8.56. The lowest BCUT2D eigenvalue weighted by Crippen LogP contribution is -2.12. The second kappa shape index (κ2) is 4.01. The zero-order chi connectivity index (χ0) is 11.5. The van der Waals surface area contributed by atoms with Gasteiger partial charge in [0.15, 0.2) is 5.69 Å². The summed E-state index contributed by atoms with van der Waals surface area (Å²) in [6, 6.07) is 4.90. The van der Waals surface area contributed by atoms with Gasteiger partial charge in [-0.05, 0) is 18.6 Å². The van der Waals surface area contributed by atoms with Crippen molar-refractivity contribution >= 4 is 11.6 Å². The standard InChI is InChI=1S/C10H10N4O2/c1-6-2-3-7(4-9(6)15)12-10(16)8-5-11-14-13-8/h2-5,15H,1H3,(H,12,16)(H,11,13,14). The van der Waals surface area contributed by atoms with Gasteiger partial charge >= 0.3 is 0 Å². The lowest BCUT2D eigenvalue weighted by atomic mass is 10.2. The van der Waals surface area contributed by atoms with Crippen molar-refractivity contribution in [2.45, 2.75) is 6.92 Å². The van der Waals surface area contributed by atoms with Crippen molar-refractivity contribution < 1.29 is 9.90 Å². The number of amides is 1. The minimum absolute atomic E-state index is 0.137. The SMILES string of the molecule is Cc1ccc(NC(=O)c2cn[nH]n2)cc1O. The molecule has 0 aliphatic heterocycles. The van der Waals surface area contributed by atoms with E-state index < -0.39 is 0 Å². The second-order valence-electron chi connectivity index (χ2n) is 3.31. The number of hydrogen-bond acceptors (Lipinski definition) is 4. The summed E-state index contributed by atoms with van der Waals surface area (Å²) in [5.74, 6) is -0.241. The van der Waals surface area contributed by atoms with Crippen LogP contribution in [0.15, 0.2) is 24.4 Å². The first kappa shape index (κ1) is 10.2. The number of H-pyrrole nitrogens is 1. The first-order valence-corrected chi connectivity index (χ1v) is 4.63. The predicted molar refractivity (Wildman–Crippen MR) is 57.2 cm³/mol. The maximum absolute atomic E-state index is 11.6. The highest BCUT2D eigenvalue weighted by atomic mass is 16.3. The normalized spacial score (nSPS) is 10.1. The number of anilines is 1. The third-order valence-corrected chi connectivity index (χ3v) is 2.11. The van der Waals surface area contributed by atoms with E-state index in [0.29, 0.717) is 5.69 Å². The van der Waals surface area contributed by atoms with Crippen molar-refractivity contribution in [2.75, 3.05) is 5.32 Å². The number of nitrogens with one attached hydrogen (secondary N) is 2. The lowest BCUT2D eigenvalue weighted by Gasteiger charge is -2.04. The van der Waals surface area contributed by atoms with Crippen molar-refractivity contribution in [3.63, 3.8) is 0 Å². The molecule has 82 valence electrons. The smallest absolute Gasteiger partial charge is 0.277 e. The topological polar surface area (TPSA) is 90.9 Å². The first-order chi connectivity index (χ1) is 7.66. The highest BCUT2D eigenvalue weighted by Crippen LogP contribution is 2.20. The number of aryl methyl sites for hydroxylation is 1. The monoisotopic (exact) mass is 218 g/mol. The van der Waals surface area contributed by atoms with E-state index in [1.54, 1.807) is 19.1 Å². The number of carbonyl (C=O) groups is 1. The minimum atomic E-state index is -0.378. The van der Waals surface area contributed by atoms with Gasteiger partial charge in [-0.15, -0.1) is 0 Å². The van der Waals surface area contributed by atoms with E-state index in [1.807, 2.05) is 0 Å². The van der Waals surface area contributed by atoms with Crippen molar-refractivity contribution in [1.82, 2.24) is 15.4 Å². The molecule has 6 heteroatoms. The van der Waals surface area contributed by atoms with Crippen LogP contribution < -0.4 is 5.32 Å². The molecule has 0 radical (unpaired) electrons. The van der Waals surface area contributed by atoms with E-state index >= 15 is 0 Å². The van der Waals surface area contributed by atoms with Crippen LogP contribution in [0.3, 0.4) is 0 Å². The number of carbonyl (C=O) groups excluding carboxylic acids is 1. The van der Waals surface area contributed by atoms with Gasteiger partial charge in [0, 0.05) is 11.8 Å². The Morgan fingerprint density at radius 3 is 2.94 bits per heavy atom. The van der Waals surface area contributed by atoms with Gasteiger partial charge in [0.2, 0.25) is 0 Å². The van der Waals surface area contributed by atoms with Gasteiger partial charge in [-0.1, -0.05) is 6.07 Å². The molecule has 16 heavy (non-hydrogen) atoms. The van der Waals surface area contributed by atoms with Crippen LogP contribution in [0.25, 0.3) is 0 Å². The van der Waals surface area contributed by atoms with Crippen LogP contribution in [0.2, 0.25) is 0 Å². The number of aromatic hydroxyl groups is 1. The van der Waals surface area contributed by atoms with Crippen LogP contribution in [-0.4, -0.2) is 26.4 Å². The number of nitrogens with zero attached hydrogens (tertiary/aromatic N) is 2. The highest BCUT2D eigenvalue weighted by Gasteiger charge is 2.09. The molecular weight excluding hydrogens is 208 g/mol. The Morgan fingerprint density at radius 1 is 1.50 bits per heavy atom. The van der Waals surface area contributed by atoms with E-state index in [-0.39, 0.29) is 17.4 Å². The number of aromatic nitrogens is 3. The van der Waals surface area contributed by atoms with Crippen LogP contribution in [0.1, 0.15) is 16.1 Å². The quantitative estimate of drug-likeness (QED) is 0.703. The Balaban J connectivity index is 2.15. The van der Waals surface area contributed by atoms with Gasteiger partial charge in [-0.3, -0.25) is 4.79 Å². The molecule has 0 aliphatic rings. The summed E-state index contributed by atoms with van der Waals surface area (Å²) in [6.07, 6.45) is 1.32. The number of phenols is 1. The zero-order valence-electron chi connectivity index (χ0n) is 8.56. The molecule has 0 atom stereocenters. The second-order valence-corrected chi connectivity index (χ2v) is 3.31. The van der Waals surface area contributed by atoms with E-state index in [9.17, 15) is 9.90 Å². The fourth-order valence-corrected chi connectivity index (χ4v) is 1.19. The van der Waals surface area contributed by atoms with Crippen LogP contribution in [0, 0.1) is 6.92 Å². The summed E-state index contributed by atoms with van der Waals surface area (Å²) in [7, 11) is 0. The van der Waals surface area contributed by atoms with Gasteiger partial charge in [0.1, 0.15) is 5.75 Å². The Labute approximate surface area is 91.3 Å². The molecule has 0 unspecified atom stereocenters. The fraction of sp³-hybridized carbons (Fsp3) is 0.100. The third kappa shape index (κ3) is 2.00. The summed E-state index contributed by atoms with van der Waals surface area (Å²) in [4.78, 5) is 11.6. The lowest BCUT2D eigenvalue weighted by molar-refractivity contribution is 0.102. The van der Waals surface area contributed by atoms with Gasteiger partial charge < -0.3 is 10.4 Å². The Morgan fingerprint density at radius 2 is 2.31 bits per heavy atom. The van der Waals surface area contributed by atoms with Gasteiger partial charge in [-0.2, -0.15) is 15.4 Å². The maximum atomic E-state index is 11.6. The van der Waals surface area contributed by atoms with E-state index in [1.165, 1.54) is 12.3 Å². The van der Waals surface area contributed by atoms with Crippen molar-refractivity contribution in [3.05, 3.63) is 35.7 Å². The molecule has 3 N–H and O–H groups in total. The molecule has 0 fully saturated rings. The molecule has 1 aromatic heterocycles. The molecule has 2 aromatic rings. The van der Waals surface area contributed by atoms with E-state index in [2.05, 4.69) is 20.7 Å². The fourth-order valence-electron chi connectivity index (χ4n) is 1.19. The van der Waals surface area contributed by atoms with Gasteiger partial charge in [-0.25, -0.2) is 0 Å². The summed E-state index contributed by atoms with van der Waals surface area (Å²) in [5.41, 5.74) is 1.45. The molecule has 0 spiro atoms. The third-order valence-electron chi connectivity index (χ3n) is 2.11. The Kier molecular flexibility index (Phi) is 2.55. The van der Waals surface area contributed by atoms with Crippen molar-refractivity contribution in [3.8, 4) is 5.75 Å². The van der Waals surface area contributed by atoms with Gasteiger partial charge in [0.05, 0.1) is 6.20 Å². The maximum Gasteiger partial charge on any atom is 0.277 e. The summed E-state index contributed by atoms with van der Waals surface area (Å²) in [5, 5.41) is 21.6. The average Bonchev–Trinajstić information content (AvgIpc) is 2.77. The molecule has 1 amide bonds. The highest BCUT2D eigenvalue weighted by molar-refractivity contribution is 6.02. The average molecular weight is 218 g/mol. The number of hydrogen-bond donors (Lipinski definition) is 3. The molecule has 2 rings (SSSR count). The minimum Gasteiger partial charge on any atom is -0.508 e. The summed E-state index contributed by atoms with van der Waals surface area (Å²) in [6.45, 7) is 1.78. The number of aromatic amines is 1. The van der Waals surface area contributed by atoms with Crippen LogP contribution >= 0.6 is 0 Å². The molecule has 0 saturated heterocycles.